The van der Waals surface area contributed by atoms with Gasteiger partial charge in [-0.15, -0.1) is 28.2 Å². The minimum atomic E-state index is -4.86. The average molecular weight is 652 g/mol. The fourth-order valence-corrected chi connectivity index (χ4v) is 4.69. The van der Waals surface area contributed by atoms with Crippen LogP contribution in [0.25, 0.3) is 22.6 Å². The lowest BCUT2D eigenvalue weighted by molar-refractivity contribution is -0.274. The van der Waals surface area contributed by atoms with Gasteiger partial charge in [-0.2, -0.15) is 0 Å². The number of furan rings is 1. The molecule has 42 heavy (non-hydrogen) atoms. The first-order chi connectivity index (χ1) is 19.9. The minimum Gasteiger partial charge on any atom is -0.466 e. The number of carbonyl (C=O) groups excluding carboxylic acids is 3. The number of anilines is 1. The number of amides is 1. The number of rotatable bonds is 9. The van der Waals surface area contributed by atoms with Gasteiger partial charge in [0.05, 0.1) is 17.0 Å². The molecule has 2 aromatic carbocycles. The van der Waals surface area contributed by atoms with Gasteiger partial charge >= 0.3 is 18.3 Å². The molecule has 0 radical (unpaired) electrons. The van der Waals surface area contributed by atoms with Crippen LogP contribution in [0.2, 0.25) is 0 Å². The van der Waals surface area contributed by atoms with Crippen LogP contribution in [0.4, 0.5) is 18.9 Å². The summed E-state index contributed by atoms with van der Waals surface area (Å²) in [6.45, 7) is 3.16. The zero-order valence-electron chi connectivity index (χ0n) is 21.8. The van der Waals surface area contributed by atoms with Gasteiger partial charge in [-0.1, -0.05) is 6.07 Å². The van der Waals surface area contributed by atoms with E-state index in [1.54, 1.807) is 19.1 Å². The van der Waals surface area contributed by atoms with Crippen LogP contribution in [0.3, 0.4) is 0 Å². The Labute approximate surface area is 243 Å². The molecule has 0 spiro atoms. The first-order valence-corrected chi connectivity index (χ1v) is 13.2. The maximum atomic E-state index is 12.8. The lowest BCUT2D eigenvalue weighted by atomic mass is 10.1. The predicted molar refractivity (Wildman–Crippen MR) is 141 cm³/mol. The molecule has 4 aromatic rings. The Hall–Kier alpha value is -4.47. The topological polar surface area (TPSA) is 148 Å². The average Bonchev–Trinajstić information content (AvgIpc) is 3.34. The van der Waals surface area contributed by atoms with E-state index in [9.17, 15) is 27.6 Å². The summed E-state index contributed by atoms with van der Waals surface area (Å²) in [5.41, 5.74) is 0.760. The number of hydrogen-bond acceptors (Lipinski definition) is 10. The van der Waals surface area contributed by atoms with Crippen molar-refractivity contribution in [3.8, 4) is 17.3 Å². The molecule has 1 N–H and O–H groups in total. The van der Waals surface area contributed by atoms with Crippen molar-refractivity contribution in [3.63, 3.8) is 0 Å². The van der Waals surface area contributed by atoms with Gasteiger partial charge < -0.3 is 23.9 Å². The molecule has 1 saturated carbocycles. The molecule has 12 nitrogen and oxygen atoms in total. The second kappa shape index (κ2) is 11.4. The third-order valence-corrected chi connectivity index (χ3v) is 6.78. The molecule has 220 valence electrons. The van der Waals surface area contributed by atoms with Gasteiger partial charge in [0.15, 0.2) is 5.76 Å². The quantitative estimate of drug-likeness (QED) is 0.238. The number of alkyl halides is 3. The maximum absolute atomic E-state index is 12.8. The van der Waals surface area contributed by atoms with Crippen LogP contribution in [0.1, 0.15) is 36.9 Å². The van der Waals surface area contributed by atoms with Crippen molar-refractivity contribution in [1.82, 2.24) is 20.2 Å². The van der Waals surface area contributed by atoms with E-state index in [1.807, 2.05) is 0 Å². The first kappa shape index (κ1) is 29.0. The van der Waals surface area contributed by atoms with Crippen LogP contribution in [0.5, 0.6) is 5.75 Å². The highest BCUT2D eigenvalue weighted by molar-refractivity contribution is 9.10. The second-order valence-electron chi connectivity index (χ2n) is 9.20. The highest BCUT2D eigenvalue weighted by atomic mass is 79.9. The molecule has 2 heterocycles. The number of aromatic nitrogens is 4. The molecular weight excluding hydrogens is 631 g/mol. The summed E-state index contributed by atoms with van der Waals surface area (Å²) in [6.07, 6.45) is -5.39. The molecule has 16 heteroatoms. The van der Waals surface area contributed by atoms with E-state index >= 15 is 0 Å². The lowest BCUT2D eigenvalue weighted by Gasteiger charge is -2.15. The second-order valence-corrected chi connectivity index (χ2v) is 10.1. The Kier molecular flexibility index (Phi) is 7.90. The number of fused-ring (bicyclic) bond motifs is 1. The van der Waals surface area contributed by atoms with Crippen molar-refractivity contribution >= 4 is 50.4 Å². The van der Waals surface area contributed by atoms with Crippen molar-refractivity contribution in [2.45, 2.75) is 32.9 Å². The molecule has 5 rings (SSSR count). The first-order valence-electron chi connectivity index (χ1n) is 12.5. The Morgan fingerprint density at radius 2 is 1.98 bits per heavy atom. The summed E-state index contributed by atoms with van der Waals surface area (Å²) in [5, 5.41) is 15.5. The highest BCUT2D eigenvalue weighted by Crippen LogP contribution is 2.47. The maximum Gasteiger partial charge on any atom is 0.573 e. The number of nitrogens with one attached hydrogen (secondary N) is 1. The summed E-state index contributed by atoms with van der Waals surface area (Å²) < 4.78 is 57.7. The zero-order valence-corrected chi connectivity index (χ0v) is 23.4. The van der Waals surface area contributed by atoms with Crippen molar-refractivity contribution < 1.29 is 46.2 Å². The molecule has 3 unspecified atom stereocenters. The number of nitrogens with zero attached hydrogens (tertiary/aromatic N) is 4. The third-order valence-electron chi connectivity index (χ3n) is 6.16. The Morgan fingerprint density at radius 3 is 2.67 bits per heavy atom. The van der Waals surface area contributed by atoms with Gasteiger partial charge in [0.2, 0.25) is 12.1 Å². The van der Waals surface area contributed by atoms with Gasteiger partial charge in [-0.25, -0.2) is 0 Å². The van der Waals surface area contributed by atoms with E-state index in [-0.39, 0.29) is 39.8 Å². The Balaban J connectivity index is 1.31. The molecule has 3 atom stereocenters. The van der Waals surface area contributed by atoms with Crippen molar-refractivity contribution in [1.29, 1.82) is 0 Å². The smallest absolute Gasteiger partial charge is 0.466 e. The monoisotopic (exact) mass is 651 g/mol. The van der Waals surface area contributed by atoms with E-state index in [4.69, 9.17) is 13.9 Å². The molecule has 1 aliphatic carbocycles. The van der Waals surface area contributed by atoms with Gasteiger partial charge in [-0.05, 0) is 70.9 Å². The number of hydrogen-bond donors (Lipinski definition) is 1. The highest BCUT2D eigenvalue weighted by Gasteiger charge is 2.52. The van der Waals surface area contributed by atoms with Crippen molar-refractivity contribution in [2.75, 3.05) is 11.9 Å². The molecule has 1 amide bonds. The number of ether oxygens (including phenoxy) is 3. The minimum absolute atomic E-state index is 0.00154. The Bertz CT molecular complexity index is 1670. The van der Waals surface area contributed by atoms with E-state index in [0.29, 0.717) is 17.4 Å². The largest absolute Gasteiger partial charge is 0.573 e. The normalized spacial score (nSPS) is 17.0. The number of esters is 2. The lowest BCUT2D eigenvalue weighted by Crippen LogP contribution is -2.22. The molecule has 0 saturated heterocycles. The van der Waals surface area contributed by atoms with Crippen molar-refractivity contribution in [2.24, 2.45) is 11.8 Å². The predicted octanol–water partition coefficient (Wildman–Crippen LogP) is 5.26. The molecule has 1 aliphatic rings. The van der Waals surface area contributed by atoms with Crippen LogP contribution in [0, 0.1) is 11.8 Å². The van der Waals surface area contributed by atoms with Gasteiger partial charge in [0.1, 0.15) is 11.3 Å². The van der Waals surface area contributed by atoms with Crippen LogP contribution in [-0.4, -0.2) is 51.0 Å². The molecule has 0 aliphatic heterocycles. The SMILES string of the molecule is CCOC(=O)C1CC1C(OC(C)=O)n1nnc(-c2cc3ccc(C(=O)Nc4ccc(OC(F)(F)F)c(Br)c4)cc3o2)n1. The number of halogens is 4. The van der Waals surface area contributed by atoms with Gasteiger partial charge in [-0.3, -0.25) is 14.4 Å². The van der Waals surface area contributed by atoms with Crippen LogP contribution < -0.4 is 10.1 Å². The molecule has 2 aromatic heterocycles. The van der Waals surface area contributed by atoms with E-state index in [0.717, 1.165) is 10.9 Å². The summed E-state index contributed by atoms with van der Waals surface area (Å²) in [7, 11) is 0. The Morgan fingerprint density at radius 1 is 1.19 bits per heavy atom. The van der Waals surface area contributed by atoms with E-state index in [1.165, 1.54) is 31.2 Å². The van der Waals surface area contributed by atoms with E-state index in [2.05, 4.69) is 41.4 Å². The third kappa shape index (κ3) is 6.53. The van der Waals surface area contributed by atoms with Gasteiger partial charge in [0.25, 0.3) is 5.91 Å². The molecule has 1 fully saturated rings. The molecule has 0 bridgehead atoms. The zero-order chi connectivity index (χ0) is 30.2. The van der Waals surface area contributed by atoms with Crippen molar-refractivity contribution in [3.05, 3.63) is 52.5 Å². The summed E-state index contributed by atoms with van der Waals surface area (Å²) in [5.74, 6) is -2.50. The van der Waals surface area contributed by atoms with Gasteiger partial charge in [0, 0.05) is 29.5 Å². The summed E-state index contributed by atoms with van der Waals surface area (Å²) >= 11 is 3.00. The van der Waals surface area contributed by atoms with E-state index < -0.39 is 42.1 Å². The summed E-state index contributed by atoms with van der Waals surface area (Å²) in [4.78, 5) is 37.7. The van der Waals surface area contributed by atoms with Crippen LogP contribution >= 0.6 is 15.9 Å². The van der Waals surface area contributed by atoms with Crippen LogP contribution in [-0.2, 0) is 19.1 Å². The summed E-state index contributed by atoms with van der Waals surface area (Å²) in [6, 6.07) is 9.89. The number of carbonyl (C=O) groups is 3. The fourth-order valence-electron chi connectivity index (χ4n) is 4.23. The number of benzene rings is 2. The standard InChI is InChI=1S/C26H21BrF3N5O7/c1-3-39-25(38)17-11-16(17)24(40-12(2)36)35-33-22(32-34-35)21-8-13-4-5-14(9-20(13)41-21)23(37)31-15-6-7-19(18(27)10-15)42-26(28,29)30/h4-10,16-17,24H,3,11H2,1-2H3,(H,31,37). The molecular formula is C26H21BrF3N5O7. The van der Waals surface area contributed by atoms with Crippen LogP contribution in [0.15, 0.2) is 51.4 Å². The fraction of sp³-hybridized carbons (Fsp3) is 0.308. The number of tetrazole rings is 1.